The second-order valence-corrected chi connectivity index (χ2v) is 6.43. The van der Waals surface area contributed by atoms with Gasteiger partial charge in [-0.05, 0) is 69.9 Å². The molecule has 0 unspecified atom stereocenters. The molecule has 0 bridgehead atoms. The number of carbonyl (C=O) groups excluding carboxylic acids is 1. The standard InChI is InChI=1S/C17H24N2O3/c1-11-6-13(9-18)7-12(2)15(11)8-14(10-20)19-16(21)22-17(3,4)5/h6-7,14,20H,8,10H2,1-5H3,(H,19,21)/t14-/m0/s1. The Bertz CT molecular complexity index is 560. The molecule has 2 N–H and O–H groups in total. The zero-order chi connectivity index (χ0) is 16.9. The van der Waals surface area contributed by atoms with Gasteiger partial charge in [-0.3, -0.25) is 0 Å². The number of aryl methyl sites for hydroxylation is 2. The van der Waals surface area contributed by atoms with Crippen LogP contribution >= 0.6 is 0 Å². The van der Waals surface area contributed by atoms with E-state index >= 15 is 0 Å². The number of aliphatic hydroxyl groups excluding tert-OH is 1. The number of hydrogen-bond acceptors (Lipinski definition) is 4. The van der Waals surface area contributed by atoms with Crippen LogP contribution in [0.15, 0.2) is 12.1 Å². The van der Waals surface area contributed by atoms with E-state index in [-0.39, 0.29) is 6.61 Å². The summed E-state index contributed by atoms with van der Waals surface area (Å²) < 4.78 is 5.20. The van der Waals surface area contributed by atoms with E-state index in [1.807, 2.05) is 26.0 Å². The molecular weight excluding hydrogens is 280 g/mol. The third-order valence-electron chi connectivity index (χ3n) is 3.22. The summed E-state index contributed by atoms with van der Waals surface area (Å²) in [6.07, 6.45) is -0.0606. The Morgan fingerprint density at radius 2 is 1.91 bits per heavy atom. The molecule has 1 aromatic rings. The molecule has 120 valence electrons. The number of nitriles is 1. The first-order valence-electron chi connectivity index (χ1n) is 7.27. The van der Waals surface area contributed by atoms with E-state index in [1.54, 1.807) is 20.8 Å². The van der Waals surface area contributed by atoms with E-state index in [1.165, 1.54) is 0 Å². The van der Waals surface area contributed by atoms with Gasteiger partial charge in [0.2, 0.25) is 0 Å². The number of hydrogen-bond donors (Lipinski definition) is 2. The van der Waals surface area contributed by atoms with Crippen LogP contribution in [0.1, 0.15) is 43.0 Å². The van der Waals surface area contributed by atoms with Crippen LogP contribution in [0, 0.1) is 25.2 Å². The van der Waals surface area contributed by atoms with Crippen LogP contribution < -0.4 is 5.32 Å². The van der Waals surface area contributed by atoms with Gasteiger partial charge in [0.1, 0.15) is 5.60 Å². The number of nitrogens with one attached hydrogen (secondary N) is 1. The molecule has 5 heteroatoms. The van der Waals surface area contributed by atoms with Crippen molar-refractivity contribution in [1.82, 2.24) is 5.32 Å². The molecule has 1 amide bonds. The molecular formula is C17H24N2O3. The Kier molecular flexibility index (Phi) is 5.95. The minimum Gasteiger partial charge on any atom is -0.444 e. The average Bonchev–Trinajstić information content (AvgIpc) is 2.38. The van der Waals surface area contributed by atoms with E-state index in [0.29, 0.717) is 12.0 Å². The highest BCUT2D eigenvalue weighted by molar-refractivity contribution is 5.68. The van der Waals surface area contributed by atoms with E-state index < -0.39 is 17.7 Å². The lowest BCUT2D eigenvalue weighted by Crippen LogP contribution is -2.42. The zero-order valence-electron chi connectivity index (χ0n) is 13.9. The van der Waals surface area contributed by atoms with Crippen molar-refractivity contribution in [3.63, 3.8) is 0 Å². The van der Waals surface area contributed by atoms with Gasteiger partial charge < -0.3 is 15.2 Å². The second-order valence-electron chi connectivity index (χ2n) is 6.43. The van der Waals surface area contributed by atoms with Crippen molar-refractivity contribution in [3.8, 4) is 6.07 Å². The van der Waals surface area contributed by atoms with Crippen LogP contribution in [0.25, 0.3) is 0 Å². The fourth-order valence-electron chi connectivity index (χ4n) is 2.26. The topological polar surface area (TPSA) is 82.4 Å². The number of rotatable bonds is 4. The van der Waals surface area contributed by atoms with Crippen LogP contribution in [0.2, 0.25) is 0 Å². The number of benzene rings is 1. The van der Waals surface area contributed by atoms with Crippen molar-refractivity contribution in [2.45, 2.75) is 52.7 Å². The molecule has 0 radical (unpaired) electrons. The maximum absolute atomic E-state index is 11.8. The number of aliphatic hydroxyl groups is 1. The fourth-order valence-corrected chi connectivity index (χ4v) is 2.26. The number of amides is 1. The zero-order valence-corrected chi connectivity index (χ0v) is 13.9. The summed E-state index contributed by atoms with van der Waals surface area (Å²) in [6, 6.07) is 5.31. The van der Waals surface area contributed by atoms with Crippen LogP contribution in [-0.2, 0) is 11.2 Å². The summed E-state index contributed by atoms with van der Waals surface area (Å²) >= 11 is 0. The van der Waals surface area contributed by atoms with Gasteiger partial charge in [-0.2, -0.15) is 5.26 Å². The highest BCUT2D eigenvalue weighted by Crippen LogP contribution is 2.18. The third-order valence-corrected chi connectivity index (χ3v) is 3.22. The third kappa shape index (κ3) is 5.38. The predicted octanol–water partition coefficient (Wildman–Crippen LogP) is 2.60. The number of ether oxygens (including phenoxy) is 1. The number of carbonyl (C=O) groups is 1. The molecule has 0 aliphatic rings. The predicted molar refractivity (Wildman–Crippen MR) is 84.6 cm³/mol. The van der Waals surface area contributed by atoms with Crippen LogP contribution in [0.3, 0.4) is 0 Å². The largest absolute Gasteiger partial charge is 0.444 e. The van der Waals surface area contributed by atoms with Crippen LogP contribution in [-0.4, -0.2) is 29.4 Å². The van der Waals surface area contributed by atoms with Gasteiger partial charge >= 0.3 is 6.09 Å². The minimum atomic E-state index is -0.579. The lowest BCUT2D eigenvalue weighted by Gasteiger charge is -2.23. The van der Waals surface area contributed by atoms with Crippen LogP contribution in [0.4, 0.5) is 4.79 Å². The highest BCUT2D eigenvalue weighted by Gasteiger charge is 2.20. The van der Waals surface area contributed by atoms with Crippen LogP contribution in [0.5, 0.6) is 0 Å². The average molecular weight is 304 g/mol. The van der Waals surface area contributed by atoms with Crippen molar-refractivity contribution in [3.05, 3.63) is 34.4 Å². The van der Waals surface area contributed by atoms with E-state index in [9.17, 15) is 9.90 Å². The molecule has 0 fully saturated rings. The Hall–Kier alpha value is -2.06. The normalized spacial score (nSPS) is 12.4. The molecule has 0 aromatic heterocycles. The highest BCUT2D eigenvalue weighted by atomic mass is 16.6. The summed E-state index contributed by atoms with van der Waals surface area (Å²) in [5, 5.41) is 21.1. The van der Waals surface area contributed by atoms with E-state index in [0.717, 1.165) is 16.7 Å². The van der Waals surface area contributed by atoms with Crippen molar-refractivity contribution >= 4 is 6.09 Å². The Morgan fingerprint density at radius 1 is 1.36 bits per heavy atom. The summed E-state index contributed by atoms with van der Waals surface area (Å²) in [7, 11) is 0. The SMILES string of the molecule is Cc1cc(C#N)cc(C)c1C[C@@H](CO)NC(=O)OC(C)(C)C. The molecule has 0 saturated heterocycles. The van der Waals surface area contributed by atoms with Gasteiger partial charge in [-0.25, -0.2) is 4.79 Å². The molecule has 1 rings (SSSR count). The Balaban J connectivity index is 2.83. The monoisotopic (exact) mass is 304 g/mol. The maximum Gasteiger partial charge on any atom is 0.407 e. The maximum atomic E-state index is 11.8. The van der Waals surface area contributed by atoms with Gasteiger partial charge in [0, 0.05) is 0 Å². The molecule has 0 saturated carbocycles. The van der Waals surface area contributed by atoms with E-state index in [2.05, 4.69) is 11.4 Å². The first-order chi connectivity index (χ1) is 10.2. The first kappa shape index (κ1) is 18.0. The van der Waals surface area contributed by atoms with Gasteiger partial charge in [0.15, 0.2) is 0 Å². The summed E-state index contributed by atoms with van der Waals surface area (Å²) in [4.78, 5) is 11.8. The summed E-state index contributed by atoms with van der Waals surface area (Å²) in [5.41, 5.74) is 3.00. The molecule has 0 aliphatic carbocycles. The Labute approximate surface area is 131 Å². The van der Waals surface area contributed by atoms with E-state index in [4.69, 9.17) is 10.00 Å². The second kappa shape index (κ2) is 7.28. The van der Waals surface area contributed by atoms with Gasteiger partial charge in [0.25, 0.3) is 0 Å². The lowest BCUT2D eigenvalue weighted by molar-refractivity contribution is 0.0482. The van der Waals surface area contributed by atoms with Gasteiger partial charge in [0.05, 0.1) is 24.3 Å². The van der Waals surface area contributed by atoms with Gasteiger partial charge in [-0.1, -0.05) is 0 Å². The van der Waals surface area contributed by atoms with Crippen molar-refractivity contribution in [2.24, 2.45) is 0 Å². The smallest absolute Gasteiger partial charge is 0.407 e. The minimum absolute atomic E-state index is 0.182. The molecule has 0 heterocycles. The Morgan fingerprint density at radius 3 is 2.32 bits per heavy atom. The molecule has 1 aromatic carbocycles. The molecule has 0 spiro atoms. The first-order valence-corrected chi connectivity index (χ1v) is 7.27. The van der Waals surface area contributed by atoms with Crippen molar-refractivity contribution in [1.29, 1.82) is 5.26 Å². The number of nitrogens with zero attached hydrogens (tertiary/aromatic N) is 1. The molecule has 0 aliphatic heterocycles. The van der Waals surface area contributed by atoms with Crippen molar-refractivity contribution < 1.29 is 14.6 Å². The molecule has 22 heavy (non-hydrogen) atoms. The lowest BCUT2D eigenvalue weighted by atomic mass is 9.94. The quantitative estimate of drug-likeness (QED) is 0.895. The summed E-state index contributed by atoms with van der Waals surface area (Å²) in [5.74, 6) is 0. The summed E-state index contributed by atoms with van der Waals surface area (Å²) in [6.45, 7) is 9.02. The van der Waals surface area contributed by atoms with Gasteiger partial charge in [-0.15, -0.1) is 0 Å². The fraction of sp³-hybridized carbons (Fsp3) is 0.529. The molecule has 1 atom stereocenters. The molecule has 5 nitrogen and oxygen atoms in total. The van der Waals surface area contributed by atoms with Crippen molar-refractivity contribution in [2.75, 3.05) is 6.61 Å². The number of alkyl carbamates (subject to hydrolysis) is 1.